The Hall–Kier alpha value is -2.20. The smallest absolute Gasteiger partial charge is 0.257 e. The van der Waals surface area contributed by atoms with E-state index in [2.05, 4.69) is 43.2 Å². The van der Waals surface area contributed by atoms with Gasteiger partial charge in [0.1, 0.15) is 0 Å². The van der Waals surface area contributed by atoms with Crippen molar-refractivity contribution in [3.8, 4) is 0 Å². The third kappa shape index (κ3) is 3.02. The molecule has 1 aromatic heterocycles. The molecule has 3 aromatic rings. The van der Waals surface area contributed by atoms with Gasteiger partial charge in [0.15, 0.2) is 5.13 Å². The first-order valence-corrected chi connectivity index (χ1v) is 8.02. The molecule has 112 valence electrons. The lowest BCUT2D eigenvalue weighted by atomic mass is 9.87. The minimum atomic E-state index is -0.129. The van der Waals surface area contributed by atoms with Gasteiger partial charge in [-0.2, -0.15) is 0 Å². The SMILES string of the molecule is CC(C)(C)c1ccc2nc(NC(=O)c3ccccc3)sc2c1. The zero-order valence-corrected chi connectivity index (χ0v) is 13.7. The fraction of sp³-hybridized carbons (Fsp3) is 0.222. The quantitative estimate of drug-likeness (QED) is 0.735. The number of anilines is 1. The minimum Gasteiger partial charge on any atom is -0.298 e. The molecular formula is C18H18N2OS. The fourth-order valence-corrected chi connectivity index (χ4v) is 3.10. The van der Waals surface area contributed by atoms with Crippen molar-refractivity contribution in [3.05, 3.63) is 59.7 Å². The largest absolute Gasteiger partial charge is 0.298 e. The Balaban J connectivity index is 1.88. The first kappa shape index (κ1) is 14.7. The molecule has 3 nitrogen and oxygen atoms in total. The molecule has 1 heterocycles. The number of benzene rings is 2. The van der Waals surface area contributed by atoms with Crippen molar-refractivity contribution >= 4 is 32.6 Å². The molecular weight excluding hydrogens is 292 g/mol. The van der Waals surface area contributed by atoms with Crippen LogP contribution < -0.4 is 5.32 Å². The second-order valence-corrected chi connectivity index (χ2v) is 7.30. The molecule has 1 N–H and O–H groups in total. The van der Waals surface area contributed by atoms with E-state index in [1.54, 1.807) is 12.1 Å². The summed E-state index contributed by atoms with van der Waals surface area (Å²) >= 11 is 1.51. The molecule has 0 spiro atoms. The zero-order chi connectivity index (χ0) is 15.7. The summed E-state index contributed by atoms with van der Waals surface area (Å²) in [6.07, 6.45) is 0. The van der Waals surface area contributed by atoms with E-state index in [1.165, 1.54) is 16.9 Å². The highest BCUT2D eigenvalue weighted by atomic mass is 32.1. The molecule has 2 aromatic carbocycles. The summed E-state index contributed by atoms with van der Waals surface area (Å²) in [4.78, 5) is 16.7. The van der Waals surface area contributed by atoms with Crippen LogP contribution in [-0.4, -0.2) is 10.9 Å². The fourth-order valence-electron chi connectivity index (χ4n) is 2.20. The van der Waals surface area contributed by atoms with Crippen molar-refractivity contribution < 1.29 is 4.79 Å². The molecule has 3 rings (SSSR count). The molecule has 22 heavy (non-hydrogen) atoms. The maximum Gasteiger partial charge on any atom is 0.257 e. The average molecular weight is 310 g/mol. The van der Waals surface area contributed by atoms with Crippen LogP contribution in [0.5, 0.6) is 0 Å². The summed E-state index contributed by atoms with van der Waals surface area (Å²) in [6, 6.07) is 15.5. The highest BCUT2D eigenvalue weighted by Gasteiger charge is 2.15. The Bertz CT molecular complexity index is 816. The minimum absolute atomic E-state index is 0.103. The van der Waals surface area contributed by atoms with E-state index in [-0.39, 0.29) is 11.3 Å². The maximum atomic E-state index is 12.2. The predicted molar refractivity (Wildman–Crippen MR) is 92.7 cm³/mol. The van der Waals surface area contributed by atoms with Crippen molar-refractivity contribution in [2.24, 2.45) is 0 Å². The third-order valence-electron chi connectivity index (χ3n) is 3.51. The Labute approximate surface area is 134 Å². The Kier molecular flexibility index (Phi) is 3.71. The van der Waals surface area contributed by atoms with Gasteiger partial charge in [0, 0.05) is 5.56 Å². The topological polar surface area (TPSA) is 42.0 Å². The first-order valence-electron chi connectivity index (χ1n) is 7.21. The molecule has 0 aliphatic heterocycles. The van der Waals surface area contributed by atoms with Gasteiger partial charge in [0.25, 0.3) is 5.91 Å². The first-order chi connectivity index (χ1) is 10.4. The number of fused-ring (bicyclic) bond motifs is 1. The highest BCUT2D eigenvalue weighted by molar-refractivity contribution is 7.22. The van der Waals surface area contributed by atoms with Crippen LogP contribution in [0.4, 0.5) is 5.13 Å². The van der Waals surface area contributed by atoms with Gasteiger partial charge in [0.05, 0.1) is 10.2 Å². The van der Waals surface area contributed by atoms with Crippen LogP contribution in [0.3, 0.4) is 0 Å². The van der Waals surface area contributed by atoms with Gasteiger partial charge < -0.3 is 0 Å². The van der Waals surface area contributed by atoms with Crippen molar-refractivity contribution in [1.29, 1.82) is 0 Å². The summed E-state index contributed by atoms with van der Waals surface area (Å²) in [7, 11) is 0. The van der Waals surface area contributed by atoms with Crippen LogP contribution in [0, 0.1) is 0 Å². The molecule has 0 saturated heterocycles. The Morgan fingerprint density at radius 3 is 2.50 bits per heavy atom. The van der Waals surface area contributed by atoms with Crippen LogP contribution >= 0.6 is 11.3 Å². The monoisotopic (exact) mass is 310 g/mol. The lowest BCUT2D eigenvalue weighted by molar-refractivity contribution is 0.102. The number of thiazole rings is 1. The summed E-state index contributed by atoms with van der Waals surface area (Å²) in [5, 5.41) is 3.51. The van der Waals surface area contributed by atoms with E-state index in [0.29, 0.717) is 10.7 Å². The summed E-state index contributed by atoms with van der Waals surface area (Å²) in [5.74, 6) is -0.129. The molecule has 0 atom stereocenters. The number of nitrogens with one attached hydrogen (secondary N) is 1. The van der Waals surface area contributed by atoms with Gasteiger partial charge in [-0.15, -0.1) is 0 Å². The van der Waals surface area contributed by atoms with Crippen LogP contribution in [-0.2, 0) is 5.41 Å². The van der Waals surface area contributed by atoms with E-state index < -0.39 is 0 Å². The molecule has 0 radical (unpaired) electrons. The molecule has 0 saturated carbocycles. The number of hydrogen-bond donors (Lipinski definition) is 1. The summed E-state index contributed by atoms with van der Waals surface area (Å²) < 4.78 is 1.09. The summed E-state index contributed by atoms with van der Waals surface area (Å²) in [6.45, 7) is 6.56. The van der Waals surface area contributed by atoms with Crippen LogP contribution in [0.25, 0.3) is 10.2 Å². The second-order valence-electron chi connectivity index (χ2n) is 6.27. The maximum absolute atomic E-state index is 12.2. The molecule has 4 heteroatoms. The van der Waals surface area contributed by atoms with Crippen molar-refractivity contribution in [3.63, 3.8) is 0 Å². The number of amides is 1. The van der Waals surface area contributed by atoms with Crippen molar-refractivity contribution in [2.45, 2.75) is 26.2 Å². The molecule has 0 fully saturated rings. The number of rotatable bonds is 2. The lowest BCUT2D eigenvalue weighted by Crippen LogP contribution is -2.11. The van der Waals surface area contributed by atoms with E-state index >= 15 is 0 Å². The molecule has 0 unspecified atom stereocenters. The molecule has 0 bridgehead atoms. The van der Waals surface area contributed by atoms with Gasteiger partial charge in [-0.1, -0.05) is 56.4 Å². The Morgan fingerprint density at radius 1 is 1.09 bits per heavy atom. The normalized spacial score (nSPS) is 11.6. The molecule has 0 aliphatic carbocycles. The van der Waals surface area contributed by atoms with E-state index in [0.717, 1.165) is 10.2 Å². The predicted octanol–water partition coefficient (Wildman–Crippen LogP) is 4.85. The van der Waals surface area contributed by atoms with Gasteiger partial charge in [-0.3, -0.25) is 10.1 Å². The van der Waals surface area contributed by atoms with E-state index in [4.69, 9.17) is 0 Å². The van der Waals surface area contributed by atoms with Gasteiger partial charge in [-0.25, -0.2) is 4.98 Å². The van der Waals surface area contributed by atoms with E-state index in [1.807, 2.05) is 24.3 Å². The highest BCUT2D eigenvalue weighted by Crippen LogP contribution is 2.31. The third-order valence-corrected chi connectivity index (χ3v) is 4.44. The lowest BCUT2D eigenvalue weighted by Gasteiger charge is -2.18. The van der Waals surface area contributed by atoms with Gasteiger partial charge in [-0.05, 0) is 35.2 Å². The number of carbonyl (C=O) groups excluding carboxylic acids is 1. The summed E-state index contributed by atoms with van der Waals surface area (Å²) in [5.41, 5.74) is 2.93. The standard InChI is InChI=1S/C18H18N2OS/c1-18(2,3)13-9-10-14-15(11-13)22-17(19-14)20-16(21)12-7-5-4-6-8-12/h4-11H,1-3H3,(H,19,20,21). The van der Waals surface area contributed by atoms with E-state index in [9.17, 15) is 4.79 Å². The number of carbonyl (C=O) groups is 1. The van der Waals surface area contributed by atoms with Crippen LogP contribution in [0.1, 0.15) is 36.7 Å². The van der Waals surface area contributed by atoms with Crippen LogP contribution in [0.2, 0.25) is 0 Å². The van der Waals surface area contributed by atoms with Gasteiger partial charge in [0.2, 0.25) is 0 Å². The van der Waals surface area contributed by atoms with Crippen molar-refractivity contribution in [2.75, 3.05) is 5.32 Å². The molecule has 0 aliphatic rings. The number of aromatic nitrogens is 1. The number of hydrogen-bond acceptors (Lipinski definition) is 3. The van der Waals surface area contributed by atoms with Crippen molar-refractivity contribution in [1.82, 2.24) is 4.98 Å². The average Bonchev–Trinajstić information content (AvgIpc) is 2.88. The van der Waals surface area contributed by atoms with Gasteiger partial charge >= 0.3 is 0 Å². The van der Waals surface area contributed by atoms with Crippen LogP contribution in [0.15, 0.2) is 48.5 Å². The zero-order valence-electron chi connectivity index (χ0n) is 12.9. The number of nitrogens with zero attached hydrogens (tertiary/aromatic N) is 1. The Morgan fingerprint density at radius 2 is 1.82 bits per heavy atom. The molecule has 1 amide bonds. The second kappa shape index (κ2) is 5.54.